The molecule has 4 fully saturated rings. The van der Waals surface area contributed by atoms with Gasteiger partial charge in [-0.2, -0.15) is 0 Å². The Morgan fingerprint density at radius 1 is 0.978 bits per heavy atom. The molecule has 6 aliphatic heterocycles. The first-order valence-corrected chi connectivity index (χ1v) is 16.7. The minimum Gasteiger partial charge on any atom is -0.478 e. The van der Waals surface area contributed by atoms with Crippen molar-refractivity contribution in [1.82, 2.24) is 24.9 Å². The molecule has 1 aromatic carbocycles. The highest BCUT2D eigenvalue weighted by Gasteiger charge is 2.45. The van der Waals surface area contributed by atoms with Gasteiger partial charge in [-0.05, 0) is 74.6 Å². The number of aliphatic imine (C=N–C) groups is 1. The van der Waals surface area contributed by atoms with E-state index in [1.807, 2.05) is 12.1 Å². The minimum atomic E-state index is -0.953. The van der Waals surface area contributed by atoms with E-state index in [-0.39, 0.29) is 30.6 Å². The highest BCUT2D eigenvalue weighted by Crippen LogP contribution is 2.35. The van der Waals surface area contributed by atoms with Crippen molar-refractivity contribution in [2.75, 3.05) is 45.8 Å². The Hall–Kier alpha value is -3.90. The van der Waals surface area contributed by atoms with Crippen molar-refractivity contribution in [3.05, 3.63) is 46.7 Å². The number of aliphatic carboxylic acids is 1. The molecule has 0 saturated carbocycles. The van der Waals surface area contributed by atoms with E-state index < -0.39 is 29.7 Å². The van der Waals surface area contributed by atoms with Gasteiger partial charge in [-0.3, -0.25) is 34.3 Å². The number of fused-ring (bicyclic) bond motifs is 2. The molecule has 5 unspecified atom stereocenters. The average Bonchev–Trinajstić information content (AvgIpc) is 3.29. The van der Waals surface area contributed by atoms with Crippen LogP contribution in [0.15, 0.2) is 35.0 Å². The molecule has 0 aromatic heterocycles. The molecule has 4 amide bonds. The van der Waals surface area contributed by atoms with E-state index in [2.05, 4.69) is 31.9 Å². The standard InChI is InChI=1S/C34H42N6O6/c1-20-13-24(34(45)46)15-35-30(20)39-12-11-38-17-21(4-6-25(38)19-39)16-37-10-2-3-23(18-37)22-5-7-26-27(14-22)33(44)40(32(26)43)28-8-9-29(41)36-31(28)42/h5,7,14-15,20-21,23,25,28H,2-4,6,8-13,16-19H2,1H3,(H,45,46)(H,36,41,42). The van der Waals surface area contributed by atoms with Crippen LogP contribution in [0.1, 0.15) is 84.1 Å². The van der Waals surface area contributed by atoms with Crippen molar-refractivity contribution in [1.29, 1.82) is 0 Å². The number of nitrogens with zero attached hydrogens (tertiary/aromatic N) is 5. The molecule has 12 heteroatoms. The molecule has 0 bridgehead atoms. The number of benzene rings is 1. The van der Waals surface area contributed by atoms with Crippen LogP contribution in [-0.4, -0.2) is 118 Å². The molecule has 6 aliphatic rings. The van der Waals surface area contributed by atoms with Crippen LogP contribution in [0, 0.1) is 11.8 Å². The summed E-state index contributed by atoms with van der Waals surface area (Å²) in [5.41, 5.74) is 2.12. The summed E-state index contributed by atoms with van der Waals surface area (Å²) in [5, 5.41) is 11.6. The first-order chi connectivity index (χ1) is 22.2. The van der Waals surface area contributed by atoms with Crippen LogP contribution in [0.3, 0.4) is 0 Å². The van der Waals surface area contributed by atoms with Gasteiger partial charge >= 0.3 is 5.97 Å². The number of carbonyl (C=O) groups is 5. The fourth-order valence-corrected chi connectivity index (χ4v) is 8.50. The van der Waals surface area contributed by atoms with Gasteiger partial charge in [0.25, 0.3) is 11.8 Å². The van der Waals surface area contributed by atoms with Gasteiger partial charge < -0.3 is 14.9 Å². The first-order valence-electron chi connectivity index (χ1n) is 16.7. The number of hydrogen-bond acceptors (Lipinski definition) is 9. The lowest BCUT2D eigenvalue weighted by Gasteiger charge is -2.48. The van der Waals surface area contributed by atoms with E-state index in [4.69, 9.17) is 0 Å². The highest BCUT2D eigenvalue weighted by molar-refractivity contribution is 6.23. The molecule has 12 nitrogen and oxygen atoms in total. The lowest BCUT2D eigenvalue weighted by Crippen LogP contribution is -2.59. The van der Waals surface area contributed by atoms with Crippen LogP contribution < -0.4 is 5.32 Å². The summed E-state index contributed by atoms with van der Waals surface area (Å²) in [5.74, 6) is -0.779. The van der Waals surface area contributed by atoms with Crippen LogP contribution in [-0.2, 0) is 14.4 Å². The van der Waals surface area contributed by atoms with Gasteiger partial charge in [0.1, 0.15) is 11.9 Å². The van der Waals surface area contributed by atoms with Crippen LogP contribution in [0.5, 0.6) is 0 Å². The summed E-state index contributed by atoms with van der Waals surface area (Å²) in [6.07, 6.45) is 6.72. The van der Waals surface area contributed by atoms with E-state index in [0.29, 0.717) is 35.1 Å². The zero-order valence-corrected chi connectivity index (χ0v) is 26.3. The largest absolute Gasteiger partial charge is 0.478 e. The zero-order valence-electron chi connectivity index (χ0n) is 26.3. The predicted octanol–water partition coefficient (Wildman–Crippen LogP) is 2.07. The van der Waals surface area contributed by atoms with E-state index in [9.17, 15) is 29.1 Å². The SMILES string of the molecule is CC1CC(C(=O)O)=CN=C1N1CCN2CC(CN3CCCC(c4ccc5c(c4)C(=O)N(C4CCC(=O)NC4=O)C5=O)C3)CCC2C1. The molecule has 5 atom stereocenters. The number of nitrogens with one attached hydrogen (secondary N) is 1. The number of piperidine rings is 3. The van der Waals surface area contributed by atoms with Gasteiger partial charge in [-0.15, -0.1) is 0 Å². The summed E-state index contributed by atoms with van der Waals surface area (Å²) >= 11 is 0. The van der Waals surface area contributed by atoms with Crippen molar-refractivity contribution < 1.29 is 29.1 Å². The van der Waals surface area contributed by atoms with Gasteiger partial charge in [-0.25, -0.2) is 9.79 Å². The van der Waals surface area contributed by atoms with Gasteiger partial charge in [0, 0.05) is 63.8 Å². The molecule has 0 spiro atoms. The second kappa shape index (κ2) is 12.4. The number of likely N-dealkylation sites (tertiary alicyclic amines) is 1. The molecule has 46 heavy (non-hydrogen) atoms. The molecule has 244 valence electrons. The summed E-state index contributed by atoms with van der Waals surface area (Å²) in [4.78, 5) is 75.1. The summed E-state index contributed by atoms with van der Waals surface area (Å²) < 4.78 is 0. The minimum absolute atomic E-state index is 0.106. The summed E-state index contributed by atoms with van der Waals surface area (Å²) in [7, 11) is 0. The van der Waals surface area contributed by atoms with E-state index in [1.54, 1.807) is 6.07 Å². The molecule has 7 rings (SSSR count). The maximum atomic E-state index is 13.4. The van der Waals surface area contributed by atoms with Crippen molar-refractivity contribution in [2.24, 2.45) is 16.8 Å². The summed E-state index contributed by atoms with van der Waals surface area (Å²) in [6, 6.07) is 5.09. The smallest absolute Gasteiger partial charge is 0.333 e. The van der Waals surface area contributed by atoms with Crippen LogP contribution in [0.4, 0.5) is 0 Å². The molecule has 0 aliphatic carbocycles. The fourth-order valence-electron chi connectivity index (χ4n) is 8.50. The average molecular weight is 631 g/mol. The number of amides is 4. The van der Waals surface area contributed by atoms with Crippen molar-refractivity contribution in [3.8, 4) is 0 Å². The predicted molar refractivity (Wildman–Crippen MR) is 168 cm³/mol. The third-order valence-corrected chi connectivity index (χ3v) is 10.9. The van der Waals surface area contributed by atoms with Crippen LogP contribution in [0.2, 0.25) is 0 Å². The Morgan fingerprint density at radius 3 is 2.59 bits per heavy atom. The number of carboxylic acids is 1. The third-order valence-electron chi connectivity index (χ3n) is 10.9. The summed E-state index contributed by atoms with van der Waals surface area (Å²) in [6.45, 7) is 9.00. The molecule has 4 saturated heterocycles. The van der Waals surface area contributed by atoms with Gasteiger partial charge in [0.05, 0.1) is 16.7 Å². The molecule has 6 heterocycles. The monoisotopic (exact) mass is 630 g/mol. The van der Waals surface area contributed by atoms with Crippen molar-refractivity contribution >= 4 is 35.4 Å². The molecular formula is C34H42N6O6. The van der Waals surface area contributed by atoms with Crippen LogP contribution >= 0.6 is 0 Å². The topological polar surface area (TPSA) is 143 Å². The molecule has 1 aromatic rings. The van der Waals surface area contributed by atoms with Gasteiger partial charge in [0.15, 0.2) is 0 Å². The van der Waals surface area contributed by atoms with Crippen molar-refractivity contribution in [2.45, 2.75) is 69.9 Å². The zero-order chi connectivity index (χ0) is 32.1. The number of piperazine rings is 1. The Labute approximate surface area is 268 Å². The number of hydrogen-bond donors (Lipinski definition) is 2. The quantitative estimate of drug-likeness (QED) is 0.468. The lowest BCUT2D eigenvalue weighted by molar-refractivity contribution is -0.136. The van der Waals surface area contributed by atoms with Crippen LogP contribution in [0.25, 0.3) is 0 Å². The lowest BCUT2D eigenvalue weighted by atomic mass is 9.86. The maximum Gasteiger partial charge on any atom is 0.333 e. The second-order valence-corrected chi connectivity index (χ2v) is 13.9. The Morgan fingerprint density at radius 2 is 1.80 bits per heavy atom. The Bertz CT molecular complexity index is 1540. The molecule has 2 N–H and O–H groups in total. The van der Waals surface area contributed by atoms with Gasteiger partial charge in [0.2, 0.25) is 11.8 Å². The first kappa shape index (κ1) is 30.7. The number of carboxylic acid groups (broad SMARTS) is 1. The Balaban J connectivity index is 0.948. The van der Waals surface area contributed by atoms with E-state index >= 15 is 0 Å². The van der Waals surface area contributed by atoms with Crippen molar-refractivity contribution in [3.63, 3.8) is 0 Å². The normalized spacial score (nSPS) is 30.8. The fraction of sp³-hybridized carbons (Fsp3) is 0.588. The highest BCUT2D eigenvalue weighted by atomic mass is 16.4. The number of imide groups is 2. The number of rotatable bonds is 5. The van der Waals surface area contributed by atoms with E-state index in [0.717, 1.165) is 81.4 Å². The third kappa shape index (κ3) is 5.77. The maximum absolute atomic E-state index is 13.4. The van der Waals surface area contributed by atoms with E-state index in [1.165, 1.54) is 12.6 Å². The molecular weight excluding hydrogens is 588 g/mol. The molecule has 0 radical (unpaired) electrons. The number of carbonyl (C=O) groups excluding carboxylic acids is 4. The van der Waals surface area contributed by atoms with Gasteiger partial charge in [-0.1, -0.05) is 13.0 Å². The Kier molecular flexibility index (Phi) is 8.26. The second-order valence-electron chi connectivity index (χ2n) is 13.9. The number of amidine groups is 1.